The second kappa shape index (κ2) is 9.12. The zero-order valence-electron chi connectivity index (χ0n) is 18.8. The highest BCUT2D eigenvalue weighted by Crippen LogP contribution is 2.43. The van der Waals surface area contributed by atoms with Crippen molar-refractivity contribution in [3.8, 4) is 17.2 Å². The van der Waals surface area contributed by atoms with Crippen LogP contribution in [0.5, 0.6) is 0 Å². The van der Waals surface area contributed by atoms with E-state index in [0.717, 1.165) is 37.6 Å². The Balaban J connectivity index is 1.72. The first kappa shape index (κ1) is 24.6. The van der Waals surface area contributed by atoms with Gasteiger partial charge < -0.3 is 4.57 Å². The van der Waals surface area contributed by atoms with Crippen LogP contribution in [0.1, 0.15) is 67.4 Å². The van der Waals surface area contributed by atoms with E-state index in [0.29, 0.717) is 12.8 Å². The molecule has 12 heteroatoms. The molecular weight excluding hydrogens is 503 g/mol. The molecule has 2 heterocycles. The molecule has 0 bridgehead atoms. The minimum Gasteiger partial charge on any atom is -0.344 e. The fourth-order valence-electron chi connectivity index (χ4n) is 4.63. The van der Waals surface area contributed by atoms with Gasteiger partial charge in [0.2, 0.25) is 10.0 Å². The topological polar surface area (TPSA) is 87.8 Å². The molecule has 0 unspecified atom stereocenters. The summed E-state index contributed by atoms with van der Waals surface area (Å²) in [4.78, 5) is 3.80. The molecule has 2 aliphatic carbocycles. The number of sulfonamides is 1. The number of nitrogens with zero attached hydrogens (tertiary/aromatic N) is 3. The van der Waals surface area contributed by atoms with Gasteiger partial charge in [0.25, 0.3) is 12.9 Å². The van der Waals surface area contributed by atoms with Crippen molar-refractivity contribution in [1.29, 1.82) is 5.26 Å². The van der Waals surface area contributed by atoms with Crippen LogP contribution in [0, 0.1) is 17.1 Å². The van der Waals surface area contributed by atoms with Crippen molar-refractivity contribution in [3.05, 3.63) is 53.2 Å². The molecule has 1 atom stereocenters. The number of hydrogen-bond acceptors (Lipinski definition) is 4. The van der Waals surface area contributed by atoms with Crippen molar-refractivity contribution in [1.82, 2.24) is 14.3 Å². The van der Waals surface area contributed by atoms with Crippen molar-refractivity contribution in [2.75, 3.05) is 0 Å². The third-order valence-corrected chi connectivity index (χ3v) is 8.79. The van der Waals surface area contributed by atoms with Crippen LogP contribution in [0.4, 0.5) is 22.0 Å². The van der Waals surface area contributed by atoms with Gasteiger partial charge in [-0.3, -0.25) is 0 Å². The number of pyridine rings is 1. The molecule has 2 saturated carbocycles. The Morgan fingerprint density at radius 3 is 2.39 bits per heavy atom. The normalized spacial score (nSPS) is 17.5. The Hall–Kier alpha value is -3.04. The molecule has 0 radical (unpaired) electrons. The van der Waals surface area contributed by atoms with Crippen LogP contribution >= 0.6 is 0 Å². The number of benzene rings is 1. The second-order valence-corrected chi connectivity index (χ2v) is 11.1. The summed E-state index contributed by atoms with van der Waals surface area (Å²) in [5.74, 6) is -1.01. The maximum absolute atomic E-state index is 15.5. The van der Waals surface area contributed by atoms with E-state index in [1.165, 1.54) is 12.3 Å². The monoisotopic (exact) mass is 524 g/mol. The van der Waals surface area contributed by atoms with E-state index in [1.54, 1.807) is 10.6 Å². The van der Waals surface area contributed by atoms with Crippen LogP contribution in [0.25, 0.3) is 22.0 Å². The zero-order valence-corrected chi connectivity index (χ0v) is 19.6. The van der Waals surface area contributed by atoms with Crippen molar-refractivity contribution in [2.45, 2.75) is 62.3 Å². The molecular formula is C24H21F5N4O2S. The molecule has 190 valence electrons. The molecule has 6 nitrogen and oxygen atoms in total. The second-order valence-electron chi connectivity index (χ2n) is 9.14. The van der Waals surface area contributed by atoms with Crippen molar-refractivity contribution in [3.63, 3.8) is 0 Å². The zero-order chi connectivity index (χ0) is 25.8. The third kappa shape index (κ3) is 4.24. The first-order valence-electron chi connectivity index (χ1n) is 11.4. The Morgan fingerprint density at radius 1 is 1.11 bits per heavy atom. The summed E-state index contributed by atoms with van der Waals surface area (Å²) in [6, 6.07) is 2.91. The molecule has 0 amide bonds. The molecule has 5 rings (SSSR count). The first-order valence-corrected chi connectivity index (χ1v) is 13.0. The highest BCUT2D eigenvalue weighted by Gasteiger charge is 2.40. The number of alkyl halides is 4. The largest absolute Gasteiger partial charge is 0.344 e. The SMILES string of the molecule is N#Cc1nccc(C(F)F)c1-c1cc2c(cc1F)c([C@H](NS(=O)(=O)C1CC1)C(F)F)cn2C1CCC1. The molecule has 2 fully saturated rings. The van der Waals surface area contributed by atoms with Crippen LogP contribution in [0.2, 0.25) is 0 Å². The fraction of sp³-hybridized carbons (Fsp3) is 0.417. The van der Waals surface area contributed by atoms with Gasteiger partial charge in [-0.2, -0.15) is 5.26 Å². The molecule has 0 spiro atoms. The highest BCUT2D eigenvalue weighted by molar-refractivity contribution is 7.90. The molecule has 1 N–H and O–H groups in total. The third-order valence-electron chi connectivity index (χ3n) is 6.86. The van der Waals surface area contributed by atoms with Crippen LogP contribution < -0.4 is 4.72 Å². The number of halogens is 5. The molecule has 0 saturated heterocycles. The standard InChI is InChI=1S/C24H21F5N4O2S/c25-18-8-15-17(22(24(28)29)32-36(34,35)13-4-5-13)11-33(12-2-1-3-12)20(15)9-16(18)21-14(23(26)27)6-7-31-19(21)10-30/h6-9,11-13,22-24,32H,1-5H2/t22-/m0/s1. The molecule has 2 aromatic heterocycles. The minimum absolute atomic E-state index is 0.0490. The molecule has 0 aliphatic heterocycles. The van der Waals surface area contributed by atoms with Gasteiger partial charge in [-0.25, -0.2) is 40.1 Å². The lowest BCUT2D eigenvalue weighted by molar-refractivity contribution is 0.109. The molecule has 36 heavy (non-hydrogen) atoms. The summed E-state index contributed by atoms with van der Waals surface area (Å²) < 4.78 is 100. The Kier molecular flexibility index (Phi) is 6.24. The van der Waals surface area contributed by atoms with Gasteiger partial charge in [0.15, 0.2) is 0 Å². The fourth-order valence-corrected chi connectivity index (χ4v) is 6.16. The van der Waals surface area contributed by atoms with Crippen molar-refractivity contribution < 1.29 is 30.4 Å². The van der Waals surface area contributed by atoms with E-state index >= 15 is 4.39 Å². The van der Waals surface area contributed by atoms with E-state index in [1.807, 2.05) is 0 Å². The number of aromatic nitrogens is 2. The lowest BCUT2D eigenvalue weighted by Gasteiger charge is -2.28. The van der Waals surface area contributed by atoms with Gasteiger partial charge in [0.05, 0.1) is 5.25 Å². The van der Waals surface area contributed by atoms with Crippen molar-refractivity contribution >= 4 is 20.9 Å². The van der Waals surface area contributed by atoms with Gasteiger partial charge in [-0.15, -0.1) is 0 Å². The Labute approximate surface area is 203 Å². The number of nitrogens with one attached hydrogen (secondary N) is 1. The lowest BCUT2D eigenvalue weighted by Crippen LogP contribution is -2.35. The van der Waals surface area contributed by atoms with Crippen LogP contribution in [0.3, 0.4) is 0 Å². The molecule has 1 aromatic carbocycles. The first-order chi connectivity index (χ1) is 17.1. The molecule has 2 aliphatic rings. The van der Waals surface area contributed by atoms with Crippen LogP contribution in [-0.2, 0) is 10.0 Å². The van der Waals surface area contributed by atoms with Gasteiger partial charge in [-0.05, 0) is 50.3 Å². The maximum atomic E-state index is 15.5. The van der Waals surface area contributed by atoms with Crippen LogP contribution in [0.15, 0.2) is 30.6 Å². The van der Waals surface area contributed by atoms with Crippen LogP contribution in [-0.4, -0.2) is 29.6 Å². The van der Waals surface area contributed by atoms with Gasteiger partial charge >= 0.3 is 0 Å². The number of nitriles is 1. The van der Waals surface area contributed by atoms with E-state index in [-0.39, 0.29) is 33.6 Å². The van der Waals surface area contributed by atoms with E-state index in [4.69, 9.17) is 0 Å². The average Bonchev–Trinajstić information content (AvgIpc) is 3.60. The number of fused-ring (bicyclic) bond motifs is 1. The van der Waals surface area contributed by atoms with Crippen molar-refractivity contribution in [2.24, 2.45) is 0 Å². The van der Waals surface area contributed by atoms with E-state index < -0.39 is 51.2 Å². The predicted octanol–water partition coefficient (Wildman–Crippen LogP) is 5.76. The smallest absolute Gasteiger partial charge is 0.264 e. The summed E-state index contributed by atoms with van der Waals surface area (Å²) >= 11 is 0. The Morgan fingerprint density at radius 2 is 1.83 bits per heavy atom. The predicted molar refractivity (Wildman–Crippen MR) is 122 cm³/mol. The molecule has 3 aromatic rings. The summed E-state index contributed by atoms with van der Waals surface area (Å²) in [7, 11) is -4.00. The van der Waals surface area contributed by atoms with E-state index in [2.05, 4.69) is 9.71 Å². The summed E-state index contributed by atoms with van der Waals surface area (Å²) in [5.41, 5.74) is -1.45. The van der Waals surface area contributed by atoms with Gasteiger partial charge in [0, 0.05) is 51.6 Å². The summed E-state index contributed by atoms with van der Waals surface area (Å²) in [6.07, 6.45) is -0.603. The van der Waals surface area contributed by atoms with E-state index in [9.17, 15) is 31.2 Å². The van der Waals surface area contributed by atoms with Gasteiger partial charge in [-0.1, -0.05) is 0 Å². The minimum atomic E-state index is -4.00. The highest BCUT2D eigenvalue weighted by atomic mass is 32.2. The summed E-state index contributed by atoms with van der Waals surface area (Å²) in [6.45, 7) is 0. The average molecular weight is 525 g/mol. The maximum Gasteiger partial charge on any atom is 0.264 e. The number of rotatable bonds is 8. The Bertz CT molecular complexity index is 1470. The van der Waals surface area contributed by atoms with Gasteiger partial charge in [0.1, 0.15) is 23.6 Å². The quantitative estimate of drug-likeness (QED) is 0.380. The number of hydrogen-bond donors (Lipinski definition) is 1. The lowest BCUT2D eigenvalue weighted by atomic mass is 9.92. The summed E-state index contributed by atoms with van der Waals surface area (Å²) in [5, 5.41) is 8.76.